The molecule has 1 aromatic rings. The predicted molar refractivity (Wildman–Crippen MR) is 43.2 cm³/mol. The number of aryl methyl sites for hydroxylation is 1. The number of aromatic nitrogens is 1. The summed E-state index contributed by atoms with van der Waals surface area (Å²) in [5.74, 6) is -0.702. The molecule has 12 heavy (non-hydrogen) atoms. The molecule has 0 fully saturated rings. The Morgan fingerprint density at radius 3 is 2.83 bits per heavy atom. The summed E-state index contributed by atoms with van der Waals surface area (Å²) in [5, 5.41) is 2.50. The summed E-state index contributed by atoms with van der Waals surface area (Å²) in [6.45, 7) is 2.98. The van der Waals surface area contributed by atoms with Gasteiger partial charge < -0.3 is 5.32 Å². The average Bonchev–Trinajstić information content (AvgIpc) is 1.96. The lowest BCUT2D eigenvalue weighted by molar-refractivity contribution is -0.114. The number of carbonyl (C=O) groups excluding carboxylic acids is 1. The number of anilines is 1. The third-order valence-corrected chi connectivity index (χ3v) is 1.33. The molecule has 0 unspecified atom stereocenters. The van der Waals surface area contributed by atoms with E-state index < -0.39 is 5.95 Å². The van der Waals surface area contributed by atoms with Crippen LogP contribution in [0, 0.1) is 12.9 Å². The first-order chi connectivity index (χ1) is 5.59. The van der Waals surface area contributed by atoms with Gasteiger partial charge in [-0.25, -0.2) is 4.98 Å². The van der Waals surface area contributed by atoms with Gasteiger partial charge in [0.1, 0.15) is 0 Å². The minimum atomic E-state index is -0.510. The van der Waals surface area contributed by atoms with Crippen LogP contribution in [-0.2, 0) is 4.79 Å². The highest BCUT2D eigenvalue weighted by Gasteiger charge is 2.00. The van der Waals surface area contributed by atoms with Crippen LogP contribution >= 0.6 is 0 Å². The zero-order valence-electron chi connectivity index (χ0n) is 6.89. The van der Waals surface area contributed by atoms with Gasteiger partial charge in [0.15, 0.2) is 0 Å². The summed E-state index contributed by atoms with van der Waals surface area (Å²) in [5.41, 5.74) is 0.933. The largest absolute Gasteiger partial charge is 0.325 e. The summed E-state index contributed by atoms with van der Waals surface area (Å²) >= 11 is 0. The van der Waals surface area contributed by atoms with Crippen LogP contribution < -0.4 is 5.32 Å². The normalized spacial score (nSPS) is 9.58. The molecule has 1 aromatic heterocycles. The molecule has 0 radical (unpaired) electrons. The minimum absolute atomic E-state index is 0.192. The molecule has 0 atom stereocenters. The molecule has 4 heteroatoms. The molecule has 0 saturated carbocycles. The molecule has 0 bridgehead atoms. The van der Waals surface area contributed by atoms with E-state index in [1.165, 1.54) is 19.2 Å². The molecule has 1 amide bonds. The number of carbonyl (C=O) groups is 1. The van der Waals surface area contributed by atoms with E-state index in [4.69, 9.17) is 0 Å². The van der Waals surface area contributed by atoms with E-state index in [2.05, 4.69) is 10.3 Å². The lowest BCUT2D eigenvalue weighted by Gasteiger charge is -2.01. The highest BCUT2D eigenvalue weighted by molar-refractivity contribution is 5.88. The molecule has 0 saturated heterocycles. The van der Waals surface area contributed by atoms with Crippen molar-refractivity contribution in [1.82, 2.24) is 4.98 Å². The second-order valence-corrected chi connectivity index (χ2v) is 2.51. The van der Waals surface area contributed by atoms with Crippen LogP contribution in [0.4, 0.5) is 10.1 Å². The number of nitrogens with one attached hydrogen (secondary N) is 1. The van der Waals surface area contributed by atoms with E-state index in [0.29, 0.717) is 11.3 Å². The Bertz CT molecular complexity index is 312. The zero-order valence-corrected chi connectivity index (χ0v) is 6.89. The van der Waals surface area contributed by atoms with E-state index in [1.54, 1.807) is 6.92 Å². The topological polar surface area (TPSA) is 42.0 Å². The summed E-state index contributed by atoms with van der Waals surface area (Å²) < 4.78 is 12.6. The van der Waals surface area contributed by atoms with Crippen molar-refractivity contribution in [2.24, 2.45) is 0 Å². The molecule has 1 heterocycles. The molecule has 64 valence electrons. The highest BCUT2D eigenvalue weighted by Crippen LogP contribution is 2.10. The highest BCUT2D eigenvalue weighted by atomic mass is 19.1. The SMILES string of the molecule is CC(=O)Nc1cnc(F)c(C)c1. The van der Waals surface area contributed by atoms with E-state index in [9.17, 15) is 9.18 Å². The van der Waals surface area contributed by atoms with Crippen molar-refractivity contribution in [3.05, 3.63) is 23.8 Å². The molecule has 0 aliphatic carbocycles. The van der Waals surface area contributed by atoms with Gasteiger partial charge in [-0.15, -0.1) is 0 Å². The van der Waals surface area contributed by atoms with Crippen molar-refractivity contribution < 1.29 is 9.18 Å². The Kier molecular flexibility index (Phi) is 2.38. The zero-order chi connectivity index (χ0) is 9.14. The van der Waals surface area contributed by atoms with E-state index in [-0.39, 0.29) is 5.91 Å². The van der Waals surface area contributed by atoms with E-state index in [1.807, 2.05) is 0 Å². The van der Waals surface area contributed by atoms with Crippen LogP contribution in [0.3, 0.4) is 0 Å². The minimum Gasteiger partial charge on any atom is -0.325 e. The third-order valence-electron chi connectivity index (χ3n) is 1.33. The fourth-order valence-corrected chi connectivity index (χ4v) is 0.830. The van der Waals surface area contributed by atoms with Gasteiger partial charge in [0.05, 0.1) is 11.9 Å². The number of hydrogen-bond donors (Lipinski definition) is 1. The van der Waals surface area contributed by atoms with Gasteiger partial charge in [0.25, 0.3) is 0 Å². The Morgan fingerprint density at radius 2 is 2.33 bits per heavy atom. The first kappa shape index (κ1) is 8.64. The van der Waals surface area contributed by atoms with Crippen LogP contribution in [0.1, 0.15) is 12.5 Å². The van der Waals surface area contributed by atoms with E-state index >= 15 is 0 Å². The Hall–Kier alpha value is -1.45. The molecule has 0 aromatic carbocycles. The van der Waals surface area contributed by atoms with Gasteiger partial charge >= 0.3 is 0 Å². The maximum absolute atomic E-state index is 12.6. The smallest absolute Gasteiger partial charge is 0.221 e. The standard InChI is InChI=1S/C8H9FN2O/c1-5-3-7(11-6(2)12)4-10-8(5)9/h3-4H,1-2H3,(H,11,12). The Balaban J connectivity index is 2.89. The Labute approximate surface area is 69.6 Å². The predicted octanol–water partition coefficient (Wildman–Crippen LogP) is 1.49. The molecule has 0 spiro atoms. The van der Waals surface area contributed by atoms with Crippen molar-refractivity contribution >= 4 is 11.6 Å². The number of amides is 1. The van der Waals surface area contributed by atoms with E-state index in [0.717, 1.165) is 0 Å². The monoisotopic (exact) mass is 168 g/mol. The van der Waals surface area contributed by atoms with Crippen LogP contribution in [0.25, 0.3) is 0 Å². The number of halogens is 1. The fourth-order valence-electron chi connectivity index (χ4n) is 0.830. The average molecular weight is 168 g/mol. The Morgan fingerprint density at radius 1 is 1.67 bits per heavy atom. The third kappa shape index (κ3) is 2.02. The molecule has 0 aliphatic rings. The lowest BCUT2D eigenvalue weighted by Crippen LogP contribution is -2.06. The maximum atomic E-state index is 12.6. The maximum Gasteiger partial charge on any atom is 0.221 e. The summed E-state index contributed by atoms with van der Waals surface area (Å²) in [7, 11) is 0. The second kappa shape index (κ2) is 3.30. The molecule has 1 N–H and O–H groups in total. The number of pyridine rings is 1. The van der Waals surface area contributed by atoms with Crippen molar-refractivity contribution in [2.45, 2.75) is 13.8 Å². The second-order valence-electron chi connectivity index (χ2n) is 2.51. The quantitative estimate of drug-likeness (QED) is 0.645. The number of rotatable bonds is 1. The molecule has 0 aliphatic heterocycles. The van der Waals surface area contributed by atoms with Crippen molar-refractivity contribution in [1.29, 1.82) is 0 Å². The molecular weight excluding hydrogens is 159 g/mol. The van der Waals surface area contributed by atoms with Crippen LogP contribution in [0.2, 0.25) is 0 Å². The van der Waals surface area contributed by atoms with Gasteiger partial charge in [-0.1, -0.05) is 0 Å². The fraction of sp³-hybridized carbons (Fsp3) is 0.250. The van der Waals surface area contributed by atoms with Crippen LogP contribution in [-0.4, -0.2) is 10.9 Å². The first-order valence-corrected chi connectivity index (χ1v) is 3.49. The van der Waals surface area contributed by atoms with Gasteiger partial charge in [0.2, 0.25) is 11.9 Å². The number of hydrogen-bond acceptors (Lipinski definition) is 2. The van der Waals surface area contributed by atoms with Crippen molar-refractivity contribution in [3.8, 4) is 0 Å². The van der Waals surface area contributed by atoms with Gasteiger partial charge in [-0.05, 0) is 13.0 Å². The first-order valence-electron chi connectivity index (χ1n) is 3.49. The summed E-state index contributed by atoms with van der Waals surface area (Å²) in [6.07, 6.45) is 1.28. The van der Waals surface area contributed by atoms with Gasteiger partial charge in [0, 0.05) is 12.5 Å². The molecule has 3 nitrogen and oxygen atoms in total. The van der Waals surface area contributed by atoms with Gasteiger partial charge in [-0.2, -0.15) is 4.39 Å². The molecule has 1 rings (SSSR count). The van der Waals surface area contributed by atoms with Crippen molar-refractivity contribution in [3.63, 3.8) is 0 Å². The van der Waals surface area contributed by atoms with Gasteiger partial charge in [-0.3, -0.25) is 4.79 Å². The number of nitrogens with zero attached hydrogens (tertiary/aromatic N) is 1. The van der Waals surface area contributed by atoms with Crippen molar-refractivity contribution in [2.75, 3.05) is 5.32 Å². The van der Waals surface area contributed by atoms with Crippen LogP contribution in [0.15, 0.2) is 12.3 Å². The van der Waals surface area contributed by atoms with Crippen LogP contribution in [0.5, 0.6) is 0 Å². The lowest BCUT2D eigenvalue weighted by atomic mass is 10.3. The molecular formula is C8H9FN2O. The summed E-state index contributed by atoms with van der Waals surface area (Å²) in [4.78, 5) is 14.0. The summed E-state index contributed by atoms with van der Waals surface area (Å²) in [6, 6.07) is 1.53.